The van der Waals surface area contributed by atoms with Gasteiger partial charge in [0.2, 0.25) is 0 Å². The quantitative estimate of drug-likeness (QED) is 0.145. The minimum absolute atomic E-state index is 0.153. The summed E-state index contributed by atoms with van der Waals surface area (Å²) in [5, 5.41) is 14.9. The van der Waals surface area contributed by atoms with Crippen molar-refractivity contribution in [3.05, 3.63) is 160 Å². The summed E-state index contributed by atoms with van der Waals surface area (Å²) in [5.41, 5.74) is 6.35. The van der Waals surface area contributed by atoms with E-state index in [9.17, 15) is 14.2 Å². The molecule has 0 unspecified atom stereocenters. The van der Waals surface area contributed by atoms with Gasteiger partial charge in [0.05, 0.1) is 0 Å². The van der Waals surface area contributed by atoms with Crippen LogP contribution in [0.3, 0.4) is 0 Å². The first-order valence-corrected chi connectivity index (χ1v) is 23.1. The number of para-hydroxylation sites is 1. The number of hydrogen-bond acceptors (Lipinski definition) is 0. The van der Waals surface area contributed by atoms with E-state index in [2.05, 4.69) is 87.9 Å². The van der Waals surface area contributed by atoms with Crippen molar-refractivity contribution in [3.63, 3.8) is 0 Å². The Bertz CT molecular complexity index is 1630. The van der Waals surface area contributed by atoms with E-state index in [4.69, 9.17) is 18.4 Å². The van der Waals surface area contributed by atoms with Gasteiger partial charge in [0, 0.05) is 5.70 Å². The molecule has 1 aliphatic heterocycles. The van der Waals surface area contributed by atoms with Crippen molar-refractivity contribution in [2.24, 2.45) is 0 Å². The fourth-order valence-electron chi connectivity index (χ4n) is 4.49. The molecule has 5 rings (SSSR count). The Morgan fingerprint density at radius 3 is 2.07 bits per heavy atom. The Morgan fingerprint density at radius 1 is 0.955 bits per heavy atom. The summed E-state index contributed by atoms with van der Waals surface area (Å²) in [6, 6.07) is 28.6. The van der Waals surface area contributed by atoms with Gasteiger partial charge in [-0.15, -0.1) is 0 Å². The van der Waals surface area contributed by atoms with Crippen molar-refractivity contribution in [3.8, 4) is 0 Å². The molecule has 3 aromatic carbocycles. The predicted octanol–water partition coefficient (Wildman–Crippen LogP) is 10.1. The summed E-state index contributed by atoms with van der Waals surface area (Å²) in [5.74, 6) is -1.70. The fraction of sp³-hybridized carbons (Fsp3) is 0.147. The van der Waals surface area contributed by atoms with Crippen molar-refractivity contribution in [2.75, 3.05) is 14.1 Å². The van der Waals surface area contributed by atoms with E-state index in [1.807, 2.05) is 12.1 Å². The molecular formula is C34H33Cl2F2N4PbTa-2. The van der Waals surface area contributed by atoms with Crippen molar-refractivity contribution in [2.45, 2.75) is 20.4 Å². The number of hydrogen-bond donors (Lipinski definition) is 0. The van der Waals surface area contributed by atoms with E-state index in [0.29, 0.717) is 5.56 Å². The van der Waals surface area contributed by atoms with Crippen LogP contribution in [0.5, 0.6) is 0 Å². The molecule has 0 atom stereocenters. The van der Waals surface area contributed by atoms with Gasteiger partial charge >= 0.3 is 166 Å². The summed E-state index contributed by atoms with van der Waals surface area (Å²) in [7, 11) is 13.4. The van der Waals surface area contributed by atoms with Gasteiger partial charge < -0.3 is 15.6 Å². The van der Waals surface area contributed by atoms with E-state index in [0.717, 1.165) is 43.8 Å². The van der Waals surface area contributed by atoms with Crippen LogP contribution in [-0.2, 0) is 24.1 Å². The normalized spacial score (nSPS) is 12.9. The summed E-state index contributed by atoms with van der Waals surface area (Å²) in [4.78, 5) is 1.21. The SMILES string of the molecule is C/C=C(\c1ccccc1)c1cc2ccccc2[n]1[Pb].C=C/C(F)=C(\C(F)=C/C)N1Cc2ccccc2C1=[N-].C[N-]C.[Cl][Ta][Cl]. The Morgan fingerprint density at radius 2 is 1.52 bits per heavy atom. The Labute approximate surface area is 292 Å². The molecule has 0 aliphatic carbocycles. The van der Waals surface area contributed by atoms with E-state index in [1.165, 1.54) is 39.6 Å². The van der Waals surface area contributed by atoms with E-state index >= 15 is 0 Å². The van der Waals surface area contributed by atoms with Crippen molar-refractivity contribution in [1.82, 2.24) is 7.28 Å². The molecule has 10 heteroatoms. The summed E-state index contributed by atoms with van der Waals surface area (Å²) in [6.07, 6.45) is 4.28. The molecule has 0 saturated heterocycles. The van der Waals surface area contributed by atoms with Crippen LogP contribution in [0.4, 0.5) is 8.78 Å². The van der Waals surface area contributed by atoms with Gasteiger partial charge in [0.1, 0.15) is 11.7 Å². The second kappa shape index (κ2) is 19.9. The van der Waals surface area contributed by atoms with Gasteiger partial charge in [-0.2, -0.15) is 14.1 Å². The standard InChI is InChI=1S/C17H14N.C15H13F2N2.C2H6N.2ClH.Pb.Ta/c1-2-15(13-8-4-3-5-9-13)17-12-14-10-6-7-11-16(14)18-17;1-3-12(16)14(13(17)4-2)19-9-10-7-5-6-8-11(10)15(19)18;1-3-2;;;;/h2-12H,1H3;3-8H,1,9H2,2H3;1-2H3;2*1H;;/q3*-1;;;+1;+2/p-2/b15-2+;13-4+,14-12-;;;;;. The van der Waals surface area contributed by atoms with Gasteiger partial charge in [-0.3, -0.25) is 0 Å². The number of nitrogens with zero attached hydrogens (tertiary/aromatic N) is 4. The van der Waals surface area contributed by atoms with E-state index in [-0.39, 0.29) is 18.1 Å². The zero-order valence-electron chi connectivity index (χ0n) is 25.0. The van der Waals surface area contributed by atoms with Gasteiger partial charge in [-0.05, 0) is 30.7 Å². The van der Waals surface area contributed by atoms with Gasteiger partial charge in [-0.25, -0.2) is 8.78 Å². The van der Waals surface area contributed by atoms with E-state index < -0.39 is 29.2 Å². The van der Waals surface area contributed by atoms with Crippen LogP contribution in [0.2, 0.25) is 0 Å². The first-order valence-electron chi connectivity index (χ1n) is 13.4. The molecular weight excluding hydrogens is 961 g/mol. The Hall–Kier alpha value is -2.31. The third kappa shape index (κ3) is 9.84. The molecule has 0 bridgehead atoms. The van der Waals surface area contributed by atoms with Gasteiger partial charge in [0.25, 0.3) is 0 Å². The first-order chi connectivity index (χ1) is 21.2. The molecule has 4 nitrogen and oxygen atoms in total. The van der Waals surface area contributed by atoms with E-state index in [1.54, 1.807) is 26.2 Å². The summed E-state index contributed by atoms with van der Waals surface area (Å²) in [6.45, 7) is 7.10. The number of halogens is 4. The molecule has 4 aromatic rings. The Kier molecular flexibility index (Phi) is 17.2. The van der Waals surface area contributed by atoms with Gasteiger partial charge in [-0.1, -0.05) is 42.8 Å². The molecule has 1 aromatic heterocycles. The first kappa shape index (κ1) is 37.9. The average Bonchev–Trinajstić information content (AvgIpc) is 3.55. The summed E-state index contributed by atoms with van der Waals surface area (Å²) >= 11 is 0.101. The molecule has 2 heterocycles. The third-order valence-corrected chi connectivity index (χ3v) is 8.23. The van der Waals surface area contributed by atoms with Crippen LogP contribution in [0.15, 0.2) is 127 Å². The van der Waals surface area contributed by atoms with Crippen molar-refractivity contribution >= 4 is 66.8 Å². The van der Waals surface area contributed by atoms with Crippen LogP contribution in [0, 0.1) is 0 Å². The van der Waals surface area contributed by atoms with Crippen LogP contribution >= 0.6 is 18.4 Å². The number of allylic oxidation sites excluding steroid dienone is 5. The summed E-state index contributed by atoms with van der Waals surface area (Å²) < 4.78 is 30.0. The molecule has 3 radical (unpaired) electrons. The van der Waals surface area contributed by atoms with Crippen LogP contribution in [0.1, 0.15) is 36.2 Å². The molecule has 0 amide bonds. The van der Waals surface area contributed by atoms with Crippen LogP contribution in [0.25, 0.3) is 27.2 Å². The molecule has 0 spiro atoms. The zero-order chi connectivity index (χ0) is 32.6. The fourth-order valence-corrected chi connectivity index (χ4v) is 6.00. The zero-order valence-corrected chi connectivity index (χ0v) is 33.6. The Balaban J connectivity index is 0.000000261. The molecule has 1 aliphatic rings. The number of fused-ring (bicyclic) bond motifs is 2. The molecule has 228 valence electrons. The topological polar surface area (TPSA) is 44.6 Å². The molecule has 44 heavy (non-hydrogen) atoms. The van der Waals surface area contributed by atoms with Crippen LogP contribution in [-0.4, -0.2) is 53.3 Å². The number of benzene rings is 3. The van der Waals surface area contributed by atoms with Gasteiger partial charge in [0.15, 0.2) is 0 Å². The minimum atomic E-state index is -0.889. The number of amidine groups is 1. The second-order valence-electron chi connectivity index (χ2n) is 9.11. The number of rotatable bonds is 5. The maximum absolute atomic E-state index is 13.8. The maximum atomic E-state index is 13.8. The second-order valence-corrected chi connectivity index (χ2v) is 15.5. The van der Waals surface area contributed by atoms with Crippen molar-refractivity contribution < 1.29 is 26.4 Å². The van der Waals surface area contributed by atoms with Crippen molar-refractivity contribution in [1.29, 1.82) is 0 Å². The number of aromatic nitrogens is 1. The predicted molar refractivity (Wildman–Crippen MR) is 182 cm³/mol. The molecule has 0 saturated carbocycles. The molecule has 0 N–H and O–H groups in total. The molecule has 0 fully saturated rings. The third-order valence-electron chi connectivity index (χ3n) is 6.36. The monoisotopic (exact) mass is 994 g/mol. The average molecular weight is 995 g/mol. The van der Waals surface area contributed by atoms with Crippen LogP contribution < -0.4 is 0 Å².